The summed E-state index contributed by atoms with van der Waals surface area (Å²) in [6, 6.07) is 18.1. The van der Waals surface area contributed by atoms with Gasteiger partial charge in [-0.1, -0.05) is 42.5 Å². The van der Waals surface area contributed by atoms with E-state index in [-0.39, 0.29) is 12.4 Å². The molecular weight excluding hydrogens is 483 g/mol. The van der Waals surface area contributed by atoms with Gasteiger partial charge in [-0.2, -0.15) is 5.10 Å². The van der Waals surface area contributed by atoms with Crippen molar-refractivity contribution in [2.45, 2.75) is 27.3 Å². The average molecular weight is 509 g/mol. The maximum Gasteiger partial charge on any atom is 0.341 e. The van der Waals surface area contributed by atoms with Crippen LogP contribution in [0.3, 0.4) is 0 Å². The molecule has 2 heterocycles. The summed E-state index contributed by atoms with van der Waals surface area (Å²) < 4.78 is 20.6. The van der Waals surface area contributed by atoms with Crippen molar-refractivity contribution in [1.82, 2.24) is 9.78 Å². The number of carbonyl (C=O) groups is 1. The van der Waals surface area contributed by atoms with Crippen molar-refractivity contribution >= 4 is 45.3 Å². The Balaban J connectivity index is 1.55. The molecular formula is C26H25FN4O2S2. The van der Waals surface area contributed by atoms with Crippen LogP contribution in [0.25, 0.3) is 10.4 Å². The quantitative estimate of drug-likeness (QED) is 0.222. The number of halogens is 1. The summed E-state index contributed by atoms with van der Waals surface area (Å²) in [5.74, 6) is -0.692. The van der Waals surface area contributed by atoms with E-state index in [1.165, 1.54) is 23.5 Å². The highest BCUT2D eigenvalue weighted by molar-refractivity contribution is 7.80. The third-order valence-electron chi connectivity index (χ3n) is 5.35. The number of anilines is 2. The molecule has 0 fully saturated rings. The molecule has 0 atom stereocenters. The Bertz CT molecular complexity index is 1370. The highest BCUT2D eigenvalue weighted by atomic mass is 32.1. The lowest BCUT2D eigenvalue weighted by molar-refractivity contribution is 0.0528. The number of esters is 1. The van der Waals surface area contributed by atoms with Gasteiger partial charge in [0.2, 0.25) is 0 Å². The van der Waals surface area contributed by atoms with Crippen molar-refractivity contribution in [2.75, 3.05) is 17.2 Å². The van der Waals surface area contributed by atoms with E-state index in [1.807, 2.05) is 56.3 Å². The van der Waals surface area contributed by atoms with Gasteiger partial charge in [0.05, 0.1) is 35.8 Å². The van der Waals surface area contributed by atoms with Crippen LogP contribution < -0.4 is 10.6 Å². The minimum absolute atomic E-state index is 0.278. The number of thiophene rings is 1. The molecule has 0 aliphatic heterocycles. The van der Waals surface area contributed by atoms with Crippen LogP contribution in [0.5, 0.6) is 0 Å². The first-order valence-electron chi connectivity index (χ1n) is 11.1. The van der Waals surface area contributed by atoms with Crippen LogP contribution >= 0.6 is 23.6 Å². The summed E-state index contributed by atoms with van der Waals surface area (Å²) in [5, 5.41) is 11.9. The van der Waals surface area contributed by atoms with Crippen LogP contribution in [-0.4, -0.2) is 27.5 Å². The molecule has 9 heteroatoms. The zero-order valence-corrected chi connectivity index (χ0v) is 21.2. The Hall–Kier alpha value is -3.56. The smallest absolute Gasteiger partial charge is 0.341 e. The van der Waals surface area contributed by atoms with Gasteiger partial charge in [0, 0.05) is 4.88 Å². The zero-order chi connectivity index (χ0) is 24.9. The molecule has 0 aliphatic rings. The van der Waals surface area contributed by atoms with Gasteiger partial charge in [0.25, 0.3) is 0 Å². The fourth-order valence-electron chi connectivity index (χ4n) is 3.68. The van der Waals surface area contributed by atoms with Gasteiger partial charge in [-0.3, -0.25) is 4.68 Å². The molecule has 0 radical (unpaired) electrons. The number of benzene rings is 2. The summed E-state index contributed by atoms with van der Waals surface area (Å²) in [6.45, 7) is 6.29. The van der Waals surface area contributed by atoms with Gasteiger partial charge in [-0.15, -0.1) is 11.3 Å². The molecule has 0 unspecified atom stereocenters. The van der Waals surface area contributed by atoms with E-state index >= 15 is 0 Å². The fourth-order valence-corrected chi connectivity index (χ4v) is 5.00. The van der Waals surface area contributed by atoms with E-state index in [4.69, 9.17) is 17.0 Å². The standard InChI is InChI=1S/C26H25FN4O2S2/c1-4-33-25(32)21-14-22(19-10-6-5-7-11-19)35-24(21)29-26(34)28-23-16(2)30-31(17(23)3)15-18-9-8-12-20(27)13-18/h5-14H,4,15H2,1-3H3,(H2,28,29,34). The molecule has 2 aromatic carbocycles. The zero-order valence-electron chi connectivity index (χ0n) is 19.6. The van der Waals surface area contributed by atoms with E-state index in [1.54, 1.807) is 17.7 Å². The Labute approximate surface area is 212 Å². The first-order valence-corrected chi connectivity index (χ1v) is 12.3. The topological polar surface area (TPSA) is 68.2 Å². The monoisotopic (exact) mass is 508 g/mol. The predicted molar refractivity (Wildman–Crippen MR) is 143 cm³/mol. The van der Waals surface area contributed by atoms with E-state index in [0.717, 1.165) is 33.1 Å². The molecule has 0 saturated carbocycles. The average Bonchev–Trinajstić information content (AvgIpc) is 3.36. The normalized spacial score (nSPS) is 10.7. The lowest BCUT2D eigenvalue weighted by atomic mass is 10.1. The number of ether oxygens (including phenoxy) is 1. The van der Waals surface area contributed by atoms with Crippen LogP contribution in [0, 0.1) is 19.7 Å². The molecule has 0 spiro atoms. The number of carbonyl (C=O) groups excluding carboxylic acids is 1. The fraction of sp³-hybridized carbons (Fsp3) is 0.192. The molecule has 180 valence electrons. The first-order chi connectivity index (χ1) is 16.9. The SMILES string of the molecule is CCOC(=O)c1cc(-c2ccccc2)sc1NC(=S)Nc1c(C)nn(Cc2cccc(F)c2)c1C. The van der Waals surface area contributed by atoms with Crippen molar-refractivity contribution in [3.05, 3.63) is 89.0 Å². The Morgan fingerprint density at radius 2 is 1.89 bits per heavy atom. The number of hydrogen-bond acceptors (Lipinski definition) is 5. The molecule has 2 aromatic heterocycles. The van der Waals surface area contributed by atoms with Crippen molar-refractivity contribution < 1.29 is 13.9 Å². The molecule has 2 N–H and O–H groups in total. The maximum absolute atomic E-state index is 13.6. The largest absolute Gasteiger partial charge is 0.462 e. The highest BCUT2D eigenvalue weighted by Gasteiger charge is 2.20. The van der Waals surface area contributed by atoms with Crippen molar-refractivity contribution in [2.24, 2.45) is 0 Å². The van der Waals surface area contributed by atoms with Gasteiger partial charge < -0.3 is 15.4 Å². The second-order valence-electron chi connectivity index (χ2n) is 7.85. The summed E-state index contributed by atoms with van der Waals surface area (Å²) in [6.07, 6.45) is 0. The van der Waals surface area contributed by atoms with E-state index in [2.05, 4.69) is 15.7 Å². The molecule has 0 saturated heterocycles. The van der Waals surface area contributed by atoms with E-state index in [9.17, 15) is 9.18 Å². The third kappa shape index (κ3) is 5.75. The number of nitrogens with zero attached hydrogens (tertiary/aromatic N) is 2. The van der Waals surface area contributed by atoms with Crippen LogP contribution in [0.1, 0.15) is 34.2 Å². The molecule has 35 heavy (non-hydrogen) atoms. The number of aromatic nitrogens is 2. The first kappa shape index (κ1) is 24.6. The van der Waals surface area contributed by atoms with E-state index in [0.29, 0.717) is 22.2 Å². The molecule has 0 bridgehead atoms. The van der Waals surface area contributed by atoms with Gasteiger partial charge in [-0.05, 0) is 62.3 Å². The Morgan fingerprint density at radius 1 is 1.11 bits per heavy atom. The second-order valence-corrected chi connectivity index (χ2v) is 9.31. The van der Waals surface area contributed by atoms with Gasteiger partial charge in [0.15, 0.2) is 5.11 Å². The lowest BCUT2D eigenvalue weighted by Crippen LogP contribution is -2.21. The Morgan fingerprint density at radius 3 is 2.60 bits per heavy atom. The van der Waals surface area contributed by atoms with Crippen molar-refractivity contribution in [3.8, 4) is 10.4 Å². The predicted octanol–water partition coefficient (Wildman–Crippen LogP) is 6.40. The molecule has 0 amide bonds. The third-order valence-corrected chi connectivity index (χ3v) is 6.66. The molecule has 0 aliphatic carbocycles. The number of hydrogen-bond donors (Lipinski definition) is 2. The number of rotatable bonds is 7. The van der Waals surface area contributed by atoms with Gasteiger partial charge in [0.1, 0.15) is 10.8 Å². The van der Waals surface area contributed by atoms with E-state index < -0.39 is 5.97 Å². The molecule has 4 aromatic rings. The lowest BCUT2D eigenvalue weighted by Gasteiger charge is -2.11. The number of thiocarbonyl (C=S) groups is 1. The summed E-state index contributed by atoms with van der Waals surface area (Å²) in [5.41, 5.74) is 4.61. The minimum atomic E-state index is -0.411. The Kier molecular flexibility index (Phi) is 7.57. The van der Waals surface area contributed by atoms with Crippen molar-refractivity contribution in [1.29, 1.82) is 0 Å². The maximum atomic E-state index is 13.6. The van der Waals surface area contributed by atoms with Crippen LogP contribution in [0.4, 0.5) is 15.1 Å². The number of nitrogens with one attached hydrogen (secondary N) is 2. The van der Waals surface area contributed by atoms with Crippen LogP contribution in [-0.2, 0) is 11.3 Å². The second kappa shape index (κ2) is 10.8. The highest BCUT2D eigenvalue weighted by Crippen LogP contribution is 2.36. The summed E-state index contributed by atoms with van der Waals surface area (Å²) in [7, 11) is 0. The van der Waals surface area contributed by atoms with Gasteiger partial charge in [-0.25, -0.2) is 9.18 Å². The van der Waals surface area contributed by atoms with Crippen molar-refractivity contribution in [3.63, 3.8) is 0 Å². The van der Waals surface area contributed by atoms with Crippen LogP contribution in [0.15, 0.2) is 60.7 Å². The molecule has 4 rings (SSSR count). The molecule has 6 nitrogen and oxygen atoms in total. The summed E-state index contributed by atoms with van der Waals surface area (Å²) in [4.78, 5) is 13.5. The van der Waals surface area contributed by atoms with Gasteiger partial charge >= 0.3 is 5.97 Å². The summed E-state index contributed by atoms with van der Waals surface area (Å²) >= 11 is 7.00. The van der Waals surface area contributed by atoms with Crippen LogP contribution in [0.2, 0.25) is 0 Å². The minimum Gasteiger partial charge on any atom is -0.462 e. The number of aryl methyl sites for hydroxylation is 1.